The van der Waals surface area contributed by atoms with Gasteiger partial charge in [-0.3, -0.25) is 14.5 Å². The number of carboxylic acid groups (broad SMARTS) is 1. The SMILES string of the molecule is CCN(CC(=O)O)C1CC(NC(=O)C2=Cc3cc(Cl)ccc3OC2)C1. The van der Waals surface area contributed by atoms with Gasteiger partial charge in [0.1, 0.15) is 12.4 Å². The molecule has 7 heteroatoms. The molecule has 3 rings (SSSR count). The van der Waals surface area contributed by atoms with Crippen molar-refractivity contribution in [1.82, 2.24) is 10.2 Å². The van der Waals surface area contributed by atoms with Crippen molar-refractivity contribution in [3.63, 3.8) is 0 Å². The van der Waals surface area contributed by atoms with Crippen molar-refractivity contribution >= 4 is 29.6 Å². The maximum absolute atomic E-state index is 12.4. The number of nitrogens with zero attached hydrogens (tertiary/aromatic N) is 1. The van der Waals surface area contributed by atoms with Crippen LogP contribution in [-0.4, -0.2) is 53.7 Å². The molecular weight excluding hydrogens is 344 g/mol. The first-order valence-electron chi connectivity index (χ1n) is 8.36. The summed E-state index contributed by atoms with van der Waals surface area (Å²) in [6, 6.07) is 5.60. The number of fused-ring (bicyclic) bond motifs is 1. The van der Waals surface area contributed by atoms with E-state index in [1.54, 1.807) is 24.3 Å². The molecule has 2 N–H and O–H groups in total. The van der Waals surface area contributed by atoms with Gasteiger partial charge in [-0.1, -0.05) is 18.5 Å². The molecule has 0 atom stereocenters. The van der Waals surface area contributed by atoms with Crippen molar-refractivity contribution < 1.29 is 19.4 Å². The Kier molecular flexibility index (Phi) is 5.30. The quantitative estimate of drug-likeness (QED) is 0.808. The molecule has 1 amide bonds. The standard InChI is InChI=1S/C18H21ClN2O4/c1-2-21(9-17(22)23)15-7-14(8-15)20-18(24)12-5-11-6-13(19)3-4-16(11)25-10-12/h3-6,14-15H,2,7-10H2,1H3,(H,20,24)(H,22,23). The minimum absolute atomic E-state index is 0.0400. The Morgan fingerprint density at radius 3 is 2.84 bits per heavy atom. The first-order valence-corrected chi connectivity index (χ1v) is 8.73. The number of amides is 1. The highest BCUT2D eigenvalue weighted by Crippen LogP contribution is 2.30. The van der Waals surface area contributed by atoms with Crippen LogP contribution in [0.1, 0.15) is 25.3 Å². The predicted molar refractivity (Wildman–Crippen MR) is 94.8 cm³/mol. The third-order valence-corrected chi connectivity index (χ3v) is 4.92. The van der Waals surface area contributed by atoms with Crippen LogP contribution in [0.25, 0.3) is 6.08 Å². The summed E-state index contributed by atoms with van der Waals surface area (Å²) in [4.78, 5) is 25.2. The number of halogens is 1. The maximum atomic E-state index is 12.4. The second kappa shape index (κ2) is 7.45. The van der Waals surface area contributed by atoms with E-state index in [4.69, 9.17) is 21.4 Å². The number of hydrogen-bond donors (Lipinski definition) is 2. The van der Waals surface area contributed by atoms with Gasteiger partial charge < -0.3 is 15.2 Å². The molecule has 2 aliphatic rings. The average Bonchev–Trinajstić information content (AvgIpc) is 2.54. The Morgan fingerprint density at radius 1 is 1.40 bits per heavy atom. The Balaban J connectivity index is 1.55. The molecule has 1 aliphatic carbocycles. The summed E-state index contributed by atoms with van der Waals surface area (Å²) < 4.78 is 5.60. The highest BCUT2D eigenvalue weighted by molar-refractivity contribution is 6.30. The first-order chi connectivity index (χ1) is 12.0. The molecule has 0 radical (unpaired) electrons. The summed E-state index contributed by atoms with van der Waals surface area (Å²) in [7, 11) is 0. The topological polar surface area (TPSA) is 78.9 Å². The third-order valence-electron chi connectivity index (χ3n) is 4.69. The van der Waals surface area contributed by atoms with Crippen LogP contribution in [0.5, 0.6) is 5.75 Å². The molecular formula is C18H21ClN2O4. The molecule has 0 aromatic heterocycles. The molecule has 134 valence electrons. The molecule has 1 aliphatic heterocycles. The molecule has 0 spiro atoms. The highest BCUT2D eigenvalue weighted by Gasteiger charge is 2.35. The Labute approximate surface area is 151 Å². The van der Waals surface area contributed by atoms with Gasteiger partial charge in [0.2, 0.25) is 0 Å². The van der Waals surface area contributed by atoms with Crippen LogP contribution in [0.3, 0.4) is 0 Å². The van der Waals surface area contributed by atoms with Gasteiger partial charge in [-0.05, 0) is 43.7 Å². The number of carboxylic acids is 1. The first kappa shape index (κ1) is 17.8. The minimum atomic E-state index is -0.823. The lowest BCUT2D eigenvalue weighted by Crippen LogP contribution is -2.55. The van der Waals surface area contributed by atoms with Crippen molar-refractivity contribution in [3.05, 3.63) is 34.4 Å². The third kappa shape index (κ3) is 4.14. The second-order valence-corrected chi connectivity index (χ2v) is 6.83. The summed E-state index contributed by atoms with van der Waals surface area (Å²) in [5, 5.41) is 12.5. The van der Waals surface area contributed by atoms with E-state index in [-0.39, 0.29) is 31.1 Å². The van der Waals surface area contributed by atoms with Crippen LogP contribution in [0.4, 0.5) is 0 Å². The monoisotopic (exact) mass is 364 g/mol. The highest BCUT2D eigenvalue weighted by atomic mass is 35.5. The second-order valence-electron chi connectivity index (χ2n) is 6.39. The van der Waals surface area contributed by atoms with Gasteiger partial charge in [-0.25, -0.2) is 0 Å². The fraction of sp³-hybridized carbons (Fsp3) is 0.444. The Hall–Kier alpha value is -2.05. The number of carbonyl (C=O) groups is 2. The number of carbonyl (C=O) groups excluding carboxylic acids is 1. The van der Waals surface area contributed by atoms with Crippen LogP contribution in [-0.2, 0) is 9.59 Å². The van der Waals surface area contributed by atoms with Gasteiger partial charge in [-0.2, -0.15) is 0 Å². The van der Waals surface area contributed by atoms with E-state index in [2.05, 4.69) is 5.32 Å². The smallest absolute Gasteiger partial charge is 0.317 e. The summed E-state index contributed by atoms with van der Waals surface area (Å²) in [5.41, 5.74) is 1.37. The molecule has 25 heavy (non-hydrogen) atoms. The van der Waals surface area contributed by atoms with E-state index in [0.29, 0.717) is 17.1 Å². The number of ether oxygens (including phenoxy) is 1. The molecule has 0 unspecified atom stereocenters. The maximum Gasteiger partial charge on any atom is 0.317 e. The molecule has 1 fully saturated rings. The molecule has 6 nitrogen and oxygen atoms in total. The summed E-state index contributed by atoms with van der Waals surface area (Å²) >= 11 is 5.98. The van der Waals surface area contributed by atoms with Crippen molar-refractivity contribution in [3.8, 4) is 5.75 Å². The van der Waals surface area contributed by atoms with Gasteiger partial charge in [0.25, 0.3) is 5.91 Å². The van der Waals surface area contributed by atoms with E-state index >= 15 is 0 Å². The van der Waals surface area contributed by atoms with Crippen molar-refractivity contribution in [2.24, 2.45) is 0 Å². The van der Waals surface area contributed by atoms with Crippen molar-refractivity contribution in [2.75, 3.05) is 19.7 Å². The zero-order valence-electron chi connectivity index (χ0n) is 14.0. The Morgan fingerprint density at radius 2 is 2.16 bits per heavy atom. The zero-order chi connectivity index (χ0) is 18.0. The van der Waals surface area contributed by atoms with Crippen LogP contribution in [0.15, 0.2) is 23.8 Å². The summed E-state index contributed by atoms with van der Waals surface area (Å²) in [6.07, 6.45) is 3.34. The molecule has 0 bridgehead atoms. The van der Waals surface area contributed by atoms with E-state index in [1.807, 2.05) is 11.8 Å². The van der Waals surface area contributed by atoms with Crippen LogP contribution in [0, 0.1) is 0 Å². The average molecular weight is 365 g/mol. The van der Waals surface area contributed by atoms with Gasteiger partial charge in [0, 0.05) is 22.7 Å². The molecule has 1 heterocycles. The van der Waals surface area contributed by atoms with E-state index < -0.39 is 5.97 Å². The number of likely N-dealkylation sites (N-methyl/N-ethyl adjacent to an activating group) is 1. The van der Waals surface area contributed by atoms with E-state index in [9.17, 15) is 9.59 Å². The van der Waals surface area contributed by atoms with Gasteiger partial charge >= 0.3 is 5.97 Å². The van der Waals surface area contributed by atoms with E-state index in [0.717, 1.165) is 24.2 Å². The van der Waals surface area contributed by atoms with Crippen molar-refractivity contribution in [1.29, 1.82) is 0 Å². The molecule has 1 aromatic rings. The Bertz CT molecular complexity index is 713. The number of rotatable bonds is 6. The number of benzene rings is 1. The largest absolute Gasteiger partial charge is 0.488 e. The summed E-state index contributed by atoms with van der Waals surface area (Å²) in [5.74, 6) is -0.247. The van der Waals surface area contributed by atoms with Crippen molar-refractivity contribution in [2.45, 2.75) is 31.8 Å². The normalized spacial score (nSPS) is 21.6. The number of nitrogens with one attached hydrogen (secondary N) is 1. The number of aliphatic carboxylic acids is 1. The van der Waals surface area contributed by atoms with Crippen LogP contribution >= 0.6 is 11.6 Å². The van der Waals surface area contributed by atoms with Gasteiger partial charge in [-0.15, -0.1) is 0 Å². The summed E-state index contributed by atoms with van der Waals surface area (Å²) in [6.45, 7) is 2.91. The fourth-order valence-electron chi connectivity index (χ4n) is 3.23. The number of hydrogen-bond acceptors (Lipinski definition) is 4. The van der Waals surface area contributed by atoms with Crippen LogP contribution < -0.4 is 10.1 Å². The minimum Gasteiger partial charge on any atom is -0.488 e. The molecule has 1 saturated carbocycles. The lowest BCUT2D eigenvalue weighted by Gasteiger charge is -2.42. The van der Waals surface area contributed by atoms with E-state index in [1.165, 1.54) is 0 Å². The lowest BCUT2D eigenvalue weighted by atomic mass is 9.85. The fourth-order valence-corrected chi connectivity index (χ4v) is 3.41. The van der Waals surface area contributed by atoms with Gasteiger partial charge in [0.15, 0.2) is 0 Å². The molecule has 1 aromatic carbocycles. The van der Waals surface area contributed by atoms with Gasteiger partial charge in [0.05, 0.1) is 12.1 Å². The van der Waals surface area contributed by atoms with Crippen LogP contribution in [0.2, 0.25) is 5.02 Å². The predicted octanol–water partition coefficient (Wildman–Crippen LogP) is 2.17. The lowest BCUT2D eigenvalue weighted by molar-refractivity contribution is -0.139. The molecule has 0 saturated heterocycles. The zero-order valence-corrected chi connectivity index (χ0v) is 14.8.